The second kappa shape index (κ2) is 7.18. The van der Waals surface area contributed by atoms with Crippen LogP contribution >= 0.6 is 0 Å². The summed E-state index contributed by atoms with van der Waals surface area (Å²) in [5.41, 5.74) is 4.15. The average Bonchev–Trinajstić information content (AvgIpc) is 2.77. The van der Waals surface area contributed by atoms with Gasteiger partial charge in [-0.3, -0.25) is 15.3 Å². The Bertz CT molecular complexity index is 1170. The summed E-state index contributed by atoms with van der Waals surface area (Å²) in [6.07, 6.45) is 13.7. The van der Waals surface area contributed by atoms with Crippen molar-refractivity contribution in [2.24, 2.45) is 10.2 Å². The van der Waals surface area contributed by atoms with Crippen molar-refractivity contribution in [1.29, 1.82) is 0 Å². The van der Waals surface area contributed by atoms with Crippen LogP contribution in [0.4, 0.5) is 11.4 Å². The van der Waals surface area contributed by atoms with Gasteiger partial charge in [0.1, 0.15) is 11.6 Å². The first kappa shape index (κ1) is 18.7. The Morgan fingerprint density at radius 3 is 2.00 bits per heavy atom. The van der Waals surface area contributed by atoms with E-state index in [2.05, 4.69) is 78.4 Å². The van der Waals surface area contributed by atoms with Crippen LogP contribution < -0.4 is 26.4 Å². The molecule has 6 bridgehead atoms. The standard InChI is InChI=1S/C23H27N7/c1-14-18-6-5-7-19(24-18)15(2)28-30(4)21-13-11-17-9-8-16-10-12-20(29(3)27-14)25-22(16)23(17)26-21/h5-6,8-13,18-19,24-26H,7H2,1-4H3. The van der Waals surface area contributed by atoms with E-state index < -0.39 is 0 Å². The van der Waals surface area contributed by atoms with Crippen LogP contribution in [0, 0.1) is 0 Å². The van der Waals surface area contributed by atoms with E-state index in [0.29, 0.717) is 0 Å². The summed E-state index contributed by atoms with van der Waals surface area (Å²) in [7, 11) is 3.96. The van der Waals surface area contributed by atoms with Gasteiger partial charge in [0, 0.05) is 24.5 Å². The summed E-state index contributed by atoms with van der Waals surface area (Å²) < 4.78 is 0. The van der Waals surface area contributed by atoms with Crippen LogP contribution in [-0.2, 0) is 0 Å². The molecule has 5 rings (SSSR count). The van der Waals surface area contributed by atoms with Crippen molar-refractivity contribution in [2.75, 3.05) is 24.7 Å². The number of allylic oxidation sites excluding steroid dienone is 2. The molecule has 1 aromatic rings. The average molecular weight is 402 g/mol. The number of hydrogen-bond acceptors (Lipinski definition) is 7. The Hall–Kier alpha value is -3.32. The lowest BCUT2D eigenvalue weighted by molar-refractivity contribution is 0.441. The van der Waals surface area contributed by atoms with Crippen molar-refractivity contribution in [3.8, 4) is 0 Å². The number of nitrogens with zero attached hydrogens (tertiary/aromatic N) is 4. The molecule has 0 spiro atoms. The van der Waals surface area contributed by atoms with E-state index in [1.807, 2.05) is 24.1 Å². The molecule has 0 radical (unpaired) electrons. The fourth-order valence-corrected chi connectivity index (χ4v) is 4.19. The fourth-order valence-electron chi connectivity index (χ4n) is 4.19. The zero-order valence-corrected chi connectivity index (χ0v) is 17.8. The number of benzene rings is 1. The highest BCUT2D eigenvalue weighted by molar-refractivity contribution is 5.92. The maximum atomic E-state index is 4.87. The molecule has 0 amide bonds. The van der Waals surface area contributed by atoms with Crippen molar-refractivity contribution in [2.45, 2.75) is 32.4 Å². The molecule has 154 valence electrons. The van der Waals surface area contributed by atoms with E-state index in [1.54, 1.807) is 0 Å². The topological polar surface area (TPSA) is 67.3 Å². The van der Waals surface area contributed by atoms with E-state index in [9.17, 15) is 0 Å². The molecule has 7 nitrogen and oxygen atoms in total. The van der Waals surface area contributed by atoms with Gasteiger partial charge in [0.15, 0.2) is 0 Å². The molecule has 2 atom stereocenters. The van der Waals surface area contributed by atoms with Gasteiger partial charge in [-0.15, -0.1) is 0 Å². The number of fused-ring (bicyclic) bond motifs is 4. The Morgan fingerprint density at radius 1 is 0.833 bits per heavy atom. The number of rotatable bonds is 0. The van der Waals surface area contributed by atoms with Crippen molar-refractivity contribution >= 4 is 35.0 Å². The van der Waals surface area contributed by atoms with Gasteiger partial charge in [-0.1, -0.05) is 24.3 Å². The minimum atomic E-state index is 0.0755. The van der Waals surface area contributed by atoms with E-state index in [0.717, 1.165) is 51.3 Å². The van der Waals surface area contributed by atoms with Gasteiger partial charge >= 0.3 is 0 Å². The predicted octanol–water partition coefficient (Wildman–Crippen LogP) is 1.70. The number of hydrazone groups is 2. The molecular weight excluding hydrogens is 374 g/mol. The van der Waals surface area contributed by atoms with Gasteiger partial charge in [-0.2, -0.15) is 10.2 Å². The first-order valence-electron chi connectivity index (χ1n) is 10.3. The highest BCUT2D eigenvalue weighted by Gasteiger charge is 2.24. The summed E-state index contributed by atoms with van der Waals surface area (Å²) in [6, 6.07) is 4.52. The van der Waals surface area contributed by atoms with Crippen LogP contribution in [0.1, 0.15) is 20.3 Å². The molecule has 30 heavy (non-hydrogen) atoms. The molecule has 2 unspecified atom stereocenters. The molecule has 3 N–H and O–H groups in total. The normalized spacial score (nSPS) is 24.7. The molecule has 0 saturated heterocycles. The lowest BCUT2D eigenvalue weighted by Gasteiger charge is -2.29. The molecule has 4 aliphatic heterocycles. The van der Waals surface area contributed by atoms with Crippen molar-refractivity contribution in [3.63, 3.8) is 0 Å². The first-order valence-corrected chi connectivity index (χ1v) is 10.3. The van der Waals surface area contributed by atoms with Gasteiger partial charge in [0.2, 0.25) is 0 Å². The summed E-state index contributed by atoms with van der Waals surface area (Å²) in [5, 5.41) is 26.6. The second-order valence-electron chi connectivity index (χ2n) is 8.07. The zero-order valence-electron chi connectivity index (χ0n) is 17.8. The lowest BCUT2D eigenvalue weighted by Crippen LogP contribution is -2.47. The molecule has 0 fully saturated rings. The monoisotopic (exact) mass is 401 g/mol. The van der Waals surface area contributed by atoms with Crippen LogP contribution in [-0.4, -0.2) is 47.6 Å². The summed E-state index contributed by atoms with van der Waals surface area (Å²) in [5.74, 6) is 1.87. The molecule has 1 aromatic carbocycles. The van der Waals surface area contributed by atoms with Crippen LogP contribution in [0.25, 0.3) is 12.2 Å². The number of hydrogen-bond donors (Lipinski definition) is 3. The minimum absolute atomic E-state index is 0.0755. The maximum absolute atomic E-state index is 4.87. The number of anilines is 2. The van der Waals surface area contributed by atoms with Crippen LogP contribution in [0.2, 0.25) is 0 Å². The van der Waals surface area contributed by atoms with Gasteiger partial charge in [-0.05, 0) is 44.6 Å². The second-order valence-corrected chi connectivity index (χ2v) is 8.07. The predicted molar refractivity (Wildman–Crippen MR) is 124 cm³/mol. The van der Waals surface area contributed by atoms with Gasteiger partial charge in [0.25, 0.3) is 0 Å². The van der Waals surface area contributed by atoms with Crippen LogP contribution in [0.15, 0.2) is 58.3 Å². The fraction of sp³-hybridized carbons (Fsp3) is 0.304. The van der Waals surface area contributed by atoms with E-state index in [1.165, 1.54) is 0 Å². The Balaban J connectivity index is 1.65. The van der Waals surface area contributed by atoms with Crippen LogP contribution in [0.5, 0.6) is 0 Å². The van der Waals surface area contributed by atoms with Gasteiger partial charge in [-0.25, -0.2) is 0 Å². The molecular formula is C23H27N7. The molecule has 4 heterocycles. The Kier molecular flexibility index (Phi) is 4.47. The van der Waals surface area contributed by atoms with E-state index in [-0.39, 0.29) is 12.1 Å². The third-order valence-corrected chi connectivity index (χ3v) is 5.97. The third-order valence-electron chi connectivity index (χ3n) is 5.97. The Labute approximate surface area is 176 Å². The van der Waals surface area contributed by atoms with Crippen molar-refractivity contribution in [3.05, 3.63) is 58.5 Å². The molecule has 0 aromatic heterocycles. The molecule has 0 saturated carbocycles. The quantitative estimate of drug-likeness (QED) is 0.578. The highest BCUT2D eigenvalue weighted by atomic mass is 15.5. The van der Waals surface area contributed by atoms with Crippen molar-refractivity contribution < 1.29 is 0 Å². The smallest absolute Gasteiger partial charge is 0.126 e. The van der Waals surface area contributed by atoms with Crippen molar-refractivity contribution in [1.82, 2.24) is 15.3 Å². The SMILES string of the molecule is CC1=NN(C)C2=CC=c3ccc4c(c3N2)NC(=CC=4)N(C)N=C(C)C2CC=CC1N2. The largest absolute Gasteiger partial charge is 0.338 e. The summed E-state index contributed by atoms with van der Waals surface area (Å²) in [6.45, 7) is 4.14. The van der Waals surface area contributed by atoms with E-state index in [4.69, 9.17) is 10.2 Å². The third kappa shape index (κ3) is 3.21. The highest BCUT2D eigenvalue weighted by Crippen LogP contribution is 2.24. The van der Waals surface area contributed by atoms with E-state index >= 15 is 0 Å². The summed E-state index contributed by atoms with van der Waals surface area (Å²) >= 11 is 0. The Morgan fingerprint density at radius 2 is 1.40 bits per heavy atom. The summed E-state index contributed by atoms with van der Waals surface area (Å²) in [4.78, 5) is 0. The minimum Gasteiger partial charge on any atom is -0.338 e. The van der Waals surface area contributed by atoms with Gasteiger partial charge in [0.05, 0.1) is 34.9 Å². The number of nitrogens with one attached hydrogen (secondary N) is 3. The maximum Gasteiger partial charge on any atom is 0.126 e. The van der Waals surface area contributed by atoms with Gasteiger partial charge < -0.3 is 10.6 Å². The van der Waals surface area contributed by atoms with Crippen LogP contribution in [0.3, 0.4) is 0 Å². The first-order chi connectivity index (χ1) is 14.5. The zero-order chi connectivity index (χ0) is 20.8. The molecule has 0 aliphatic carbocycles. The molecule has 7 heteroatoms. The molecule has 4 aliphatic rings. The lowest BCUT2D eigenvalue weighted by atomic mass is 10.0.